The van der Waals surface area contributed by atoms with E-state index in [9.17, 15) is 14.3 Å². The Hall–Kier alpha value is -1.34. The average Bonchev–Trinajstić information content (AvgIpc) is 2.36. The van der Waals surface area contributed by atoms with E-state index >= 15 is 0 Å². The molecular weight excluding hydrogens is 271 g/mol. The molecule has 0 aromatic carbocycles. The second-order valence-electron chi connectivity index (χ2n) is 6.51. The zero-order valence-electron chi connectivity index (χ0n) is 13.9. The van der Waals surface area contributed by atoms with Crippen LogP contribution in [0.3, 0.4) is 0 Å². The van der Waals surface area contributed by atoms with Crippen LogP contribution in [0, 0.1) is 29.1 Å². The number of allylic oxidation sites excluding steroid dienone is 1. The van der Waals surface area contributed by atoms with Gasteiger partial charge in [-0.25, -0.2) is 4.39 Å². The summed E-state index contributed by atoms with van der Waals surface area (Å²) >= 11 is 0. The van der Waals surface area contributed by atoms with Crippen molar-refractivity contribution in [1.29, 1.82) is 0 Å². The first-order valence-electron chi connectivity index (χ1n) is 7.26. The molecule has 0 aliphatic heterocycles. The zero-order valence-corrected chi connectivity index (χ0v) is 13.9. The lowest BCUT2D eigenvalue weighted by Gasteiger charge is -2.15. The van der Waals surface area contributed by atoms with E-state index in [4.69, 9.17) is 4.74 Å². The standard InChI is InChI=1S/C17H27FO3/c1-12(2)13(3)11-14(18)15(19)9-7-8-10-21-16(20)17(4,5)6/h11-13,15,19H,8,10H2,1-6H3/b14-11+/t13-,15+/m1/s1. The van der Waals surface area contributed by atoms with Crippen LogP contribution < -0.4 is 0 Å². The SMILES string of the molecule is CC(C)[C@H](C)/C=C(/F)[C@@H](O)C#CCCOC(=O)C(C)(C)C. The van der Waals surface area contributed by atoms with E-state index < -0.39 is 17.3 Å². The third-order valence-corrected chi connectivity index (χ3v) is 3.05. The van der Waals surface area contributed by atoms with E-state index in [1.807, 2.05) is 20.8 Å². The van der Waals surface area contributed by atoms with Crippen LogP contribution in [0.15, 0.2) is 11.9 Å². The van der Waals surface area contributed by atoms with E-state index in [1.54, 1.807) is 20.8 Å². The predicted octanol–water partition coefficient (Wildman–Crippen LogP) is 3.48. The second kappa shape index (κ2) is 8.84. The summed E-state index contributed by atoms with van der Waals surface area (Å²) in [6.07, 6.45) is 0.250. The van der Waals surface area contributed by atoms with Gasteiger partial charge >= 0.3 is 5.97 Å². The molecule has 0 spiro atoms. The summed E-state index contributed by atoms with van der Waals surface area (Å²) in [5.74, 6) is 4.43. The number of hydrogen-bond donors (Lipinski definition) is 1. The van der Waals surface area contributed by atoms with Crippen LogP contribution >= 0.6 is 0 Å². The average molecular weight is 298 g/mol. The highest BCUT2D eigenvalue weighted by atomic mass is 19.1. The molecule has 3 nitrogen and oxygen atoms in total. The number of carbonyl (C=O) groups is 1. The Morgan fingerprint density at radius 1 is 1.33 bits per heavy atom. The third kappa shape index (κ3) is 8.52. The van der Waals surface area contributed by atoms with Crippen molar-refractivity contribution in [2.75, 3.05) is 6.61 Å². The minimum Gasteiger partial charge on any atom is -0.464 e. The van der Waals surface area contributed by atoms with Gasteiger partial charge in [-0.3, -0.25) is 4.79 Å². The maximum absolute atomic E-state index is 13.6. The van der Waals surface area contributed by atoms with Crippen LogP contribution in [0.1, 0.15) is 48.0 Å². The lowest BCUT2D eigenvalue weighted by molar-refractivity contribution is -0.152. The quantitative estimate of drug-likeness (QED) is 0.480. The van der Waals surface area contributed by atoms with Gasteiger partial charge < -0.3 is 9.84 Å². The molecule has 120 valence electrons. The summed E-state index contributed by atoms with van der Waals surface area (Å²) in [5, 5.41) is 9.56. The maximum Gasteiger partial charge on any atom is 0.311 e. The first-order chi connectivity index (χ1) is 9.55. The molecule has 0 saturated heterocycles. The lowest BCUT2D eigenvalue weighted by Crippen LogP contribution is -2.23. The number of esters is 1. The molecule has 0 aliphatic carbocycles. The topological polar surface area (TPSA) is 46.5 Å². The highest BCUT2D eigenvalue weighted by molar-refractivity contribution is 5.75. The van der Waals surface area contributed by atoms with Gasteiger partial charge in [-0.05, 0) is 38.7 Å². The first-order valence-corrected chi connectivity index (χ1v) is 7.26. The number of halogens is 1. The van der Waals surface area contributed by atoms with Crippen LogP contribution in [0.5, 0.6) is 0 Å². The van der Waals surface area contributed by atoms with Gasteiger partial charge in [0.15, 0.2) is 6.10 Å². The normalized spacial score (nSPS) is 15.2. The Bertz CT molecular complexity index is 422. The van der Waals surface area contributed by atoms with Crippen molar-refractivity contribution >= 4 is 5.97 Å². The van der Waals surface area contributed by atoms with Crippen LogP contribution in [0.4, 0.5) is 4.39 Å². The third-order valence-electron chi connectivity index (χ3n) is 3.05. The monoisotopic (exact) mass is 298 g/mol. The van der Waals surface area contributed by atoms with Gasteiger partial charge in [0, 0.05) is 6.42 Å². The minimum atomic E-state index is -1.41. The largest absolute Gasteiger partial charge is 0.464 e. The highest BCUT2D eigenvalue weighted by Crippen LogP contribution is 2.16. The molecule has 2 atom stereocenters. The van der Waals surface area contributed by atoms with E-state index in [2.05, 4.69) is 11.8 Å². The summed E-state index contributed by atoms with van der Waals surface area (Å²) in [6, 6.07) is 0. The van der Waals surface area contributed by atoms with Crippen molar-refractivity contribution in [3.63, 3.8) is 0 Å². The number of carbonyl (C=O) groups excluding carboxylic acids is 1. The lowest BCUT2D eigenvalue weighted by atomic mass is 9.97. The molecule has 0 aromatic heterocycles. The molecule has 0 aromatic rings. The van der Waals surface area contributed by atoms with Crippen LogP contribution in [0.2, 0.25) is 0 Å². The van der Waals surface area contributed by atoms with Crippen molar-refractivity contribution in [2.45, 2.75) is 54.1 Å². The van der Waals surface area contributed by atoms with Crippen molar-refractivity contribution in [3.05, 3.63) is 11.9 Å². The summed E-state index contributed by atoms with van der Waals surface area (Å²) in [6.45, 7) is 11.3. The van der Waals surface area contributed by atoms with Gasteiger partial charge in [-0.1, -0.05) is 32.6 Å². The Morgan fingerprint density at radius 2 is 1.90 bits per heavy atom. The highest BCUT2D eigenvalue weighted by Gasteiger charge is 2.22. The van der Waals surface area contributed by atoms with Gasteiger partial charge in [0.25, 0.3) is 0 Å². The van der Waals surface area contributed by atoms with Crippen molar-refractivity contribution < 1.29 is 19.0 Å². The van der Waals surface area contributed by atoms with Gasteiger partial charge in [-0.15, -0.1) is 0 Å². The Balaban J connectivity index is 4.25. The number of aliphatic hydroxyl groups is 1. The molecule has 0 saturated carbocycles. The molecule has 0 amide bonds. The van der Waals surface area contributed by atoms with Gasteiger partial charge in [-0.2, -0.15) is 0 Å². The van der Waals surface area contributed by atoms with E-state index in [1.165, 1.54) is 6.08 Å². The van der Waals surface area contributed by atoms with Crippen LogP contribution in [-0.4, -0.2) is 23.8 Å². The fourth-order valence-electron chi connectivity index (χ4n) is 1.18. The molecule has 0 aliphatic rings. The van der Waals surface area contributed by atoms with E-state index in [0.29, 0.717) is 5.92 Å². The smallest absolute Gasteiger partial charge is 0.311 e. The van der Waals surface area contributed by atoms with Gasteiger partial charge in [0.1, 0.15) is 12.4 Å². The molecule has 0 rings (SSSR count). The maximum atomic E-state index is 13.6. The van der Waals surface area contributed by atoms with Crippen LogP contribution in [-0.2, 0) is 9.53 Å². The zero-order chi connectivity index (χ0) is 16.6. The predicted molar refractivity (Wildman–Crippen MR) is 82.0 cm³/mol. The molecule has 0 heterocycles. The first kappa shape index (κ1) is 19.7. The Labute approximate surface area is 127 Å². The van der Waals surface area contributed by atoms with Gasteiger partial charge in [0.2, 0.25) is 0 Å². The molecule has 4 heteroatoms. The summed E-state index contributed by atoms with van der Waals surface area (Å²) < 4.78 is 18.6. The number of aliphatic hydroxyl groups excluding tert-OH is 1. The summed E-state index contributed by atoms with van der Waals surface area (Å²) in [5.41, 5.74) is -0.547. The summed E-state index contributed by atoms with van der Waals surface area (Å²) in [7, 11) is 0. The Morgan fingerprint density at radius 3 is 2.38 bits per heavy atom. The fraction of sp³-hybridized carbons (Fsp3) is 0.706. The summed E-state index contributed by atoms with van der Waals surface area (Å²) in [4.78, 5) is 11.5. The van der Waals surface area contributed by atoms with E-state index in [-0.39, 0.29) is 24.9 Å². The minimum absolute atomic E-state index is 0.0363. The Kier molecular flexibility index (Phi) is 8.27. The molecule has 0 bridgehead atoms. The van der Waals surface area contributed by atoms with Gasteiger partial charge in [0.05, 0.1) is 5.41 Å². The van der Waals surface area contributed by atoms with Crippen LogP contribution in [0.25, 0.3) is 0 Å². The van der Waals surface area contributed by atoms with Crippen molar-refractivity contribution in [2.24, 2.45) is 17.3 Å². The molecule has 21 heavy (non-hydrogen) atoms. The number of hydrogen-bond acceptors (Lipinski definition) is 3. The molecule has 0 unspecified atom stereocenters. The molecule has 1 N–H and O–H groups in total. The molecular formula is C17H27FO3. The molecule has 0 fully saturated rings. The fourth-order valence-corrected chi connectivity index (χ4v) is 1.18. The number of rotatable bonds is 5. The van der Waals surface area contributed by atoms with Crippen molar-refractivity contribution in [1.82, 2.24) is 0 Å². The number of ether oxygens (including phenoxy) is 1. The second-order valence-corrected chi connectivity index (χ2v) is 6.51. The van der Waals surface area contributed by atoms with E-state index in [0.717, 1.165) is 0 Å². The van der Waals surface area contributed by atoms with Crippen molar-refractivity contribution in [3.8, 4) is 11.8 Å². The molecule has 0 radical (unpaired) electrons.